The first kappa shape index (κ1) is 12.8. The zero-order valence-electron chi connectivity index (χ0n) is 9.39. The molecular formula is C12H11FN2O2S. The highest BCUT2D eigenvalue weighted by Crippen LogP contribution is 2.18. The van der Waals surface area contributed by atoms with Crippen LogP contribution in [0.1, 0.15) is 11.1 Å². The lowest BCUT2D eigenvalue weighted by molar-refractivity contribution is 0.279. The van der Waals surface area contributed by atoms with Gasteiger partial charge in [-0.1, -0.05) is 23.9 Å². The smallest absolute Gasteiger partial charge is 0.279 e. The van der Waals surface area contributed by atoms with E-state index in [2.05, 4.69) is 9.97 Å². The molecule has 0 aliphatic heterocycles. The van der Waals surface area contributed by atoms with Gasteiger partial charge in [0.25, 0.3) is 5.56 Å². The van der Waals surface area contributed by atoms with Crippen LogP contribution in [0, 0.1) is 5.82 Å². The van der Waals surface area contributed by atoms with E-state index in [1.165, 1.54) is 30.1 Å². The number of halogens is 1. The van der Waals surface area contributed by atoms with Crippen molar-refractivity contribution in [3.8, 4) is 0 Å². The maximum atomic E-state index is 12.7. The van der Waals surface area contributed by atoms with E-state index in [4.69, 9.17) is 5.11 Å². The summed E-state index contributed by atoms with van der Waals surface area (Å²) in [7, 11) is 0. The first-order valence-electron chi connectivity index (χ1n) is 5.26. The number of aliphatic hydroxyl groups excluding tert-OH is 1. The number of rotatable bonds is 4. The molecule has 2 rings (SSSR count). The Morgan fingerprint density at radius 1 is 1.33 bits per heavy atom. The van der Waals surface area contributed by atoms with Crippen LogP contribution < -0.4 is 5.56 Å². The van der Waals surface area contributed by atoms with Crippen LogP contribution in [0.25, 0.3) is 0 Å². The number of nitrogens with one attached hydrogen (secondary N) is 1. The molecule has 18 heavy (non-hydrogen) atoms. The van der Waals surface area contributed by atoms with Crippen molar-refractivity contribution >= 4 is 11.8 Å². The predicted octanol–water partition coefficient (Wildman–Crippen LogP) is 1.69. The first-order chi connectivity index (χ1) is 8.69. The summed E-state index contributed by atoms with van der Waals surface area (Å²) in [6.45, 7) is -0.328. The molecule has 0 radical (unpaired) electrons. The molecule has 0 saturated carbocycles. The summed E-state index contributed by atoms with van der Waals surface area (Å²) in [5, 5.41) is 9.31. The maximum absolute atomic E-state index is 12.7. The molecule has 1 aromatic carbocycles. The molecule has 2 N–H and O–H groups in total. The third-order valence-corrected chi connectivity index (χ3v) is 3.27. The van der Waals surface area contributed by atoms with E-state index in [1.807, 2.05) is 0 Å². The topological polar surface area (TPSA) is 66.0 Å². The van der Waals surface area contributed by atoms with Crippen LogP contribution >= 0.6 is 11.8 Å². The number of H-pyrrole nitrogens is 1. The third kappa shape index (κ3) is 3.18. The van der Waals surface area contributed by atoms with Gasteiger partial charge in [-0.05, 0) is 17.7 Å². The Labute approximate surface area is 107 Å². The molecule has 94 valence electrons. The van der Waals surface area contributed by atoms with Crippen molar-refractivity contribution in [2.24, 2.45) is 0 Å². The summed E-state index contributed by atoms with van der Waals surface area (Å²) in [6, 6.07) is 6.15. The zero-order chi connectivity index (χ0) is 13.0. The molecule has 0 aliphatic rings. The van der Waals surface area contributed by atoms with Gasteiger partial charge >= 0.3 is 0 Å². The highest BCUT2D eigenvalue weighted by Gasteiger charge is 2.03. The van der Waals surface area contributed by atoms with Crippen LogP contribution in [0.5, 0.6) is 0 Å². The van der Waals surface area contributed by atoms with Crippen molar-refractivity contribution in [2.75, 3.05) is 0 Å². The van der Waals surface area contributed by atoms with Gasteiger partial charge in [0.1, 0.15) is 5.82 Å². The van der Waals surface area contributed by atoms with Gasteiger partial charge in [-0.3, -0.25) is 4.79 Å². The summed E-state index contributed by atoms with van der Waals surface area (Å²) in [6.07, 6.45) is 1.45. The number of thioether (sulfide) groups is 1. The second-order valence-electron chi connectivity index (χ2n) is 3.61. The minimum atomic E-state index is -0.433. The Morgan fingerprint density at radius 3 is 2.67 bits per heavy atom. The van der Waals surface area contributed by atoms with Crippen molar-refractivity contribution in [1.29, 1.82) is 0 Å². The molecule has 0 fully saturated rings. The lowest BCUT2D eigenvalue weighted by Crippen LogP contribution is -2.14. The third-order valence-electron chi connectivity index (χ3n) is 2.31. The van der Waals surface area contributed by atoms with Gasteiger partial charge in [0.05, 0.1) is 12.2 Å². The number of nitrogens with zero attached hydrogens (tertiary/aromatic N) is 1. The van der Waals surface area contributed by atoms with Gasteiger partial charge in [0.15, 0.2) is 5.16 Å². The largest absolute Gasteiger partial charge is 0.391 e. The fourth-order valence-corrected chi connectivity index (χ4v) is 2.11. The molecule has 2 aromatic rings. The molecule has 0 bridgehead atoms. The van der Waals surface area contributed by atoms with Gasteiger partial charge in [0.2, 0.25) is 0 Å². The van der Waals surface area contributed by atoms with E-state index < -0.39 is 5.56 Å². The summed E-state index contributed by atoms with van der Waals surface area (Å²) in [5.41, 5.74) is 0.745. The van der Waals surface area contributed by atoms with Crippen LogP contribution in [-0.4, -0.2) is 15.1 Å². The van der Waals surface area contributed by atoms with Crippen LogP contribution in [0.4, 0.5) is 4.39 Å². The summed E-state index contributed by atoms with van der Waals surface area (Å²) in [4.78, 5) is 18.0. The van der Waals surface area contributed by atoms with Crippen molar-refractivity contribution in [2.45, 2.75) is 17.5 Å². The predicted molar refractivity (Wildman–Crippen MR) is 66.7 cm³/mol. The van der Waals surface area contributed by atoms with Gasteiger partial charge < -0.3 is 10.1 Å². The SMILES string of the molecule is O=c1nc(SCc2ccc(F)cc2)[nH]cc1CO. The molecule has 1 aromatic heterocycles. The average Bonchev–Trinajstić information content (AvgIpc) is 2.38. The lowest BCUT2D eigenvalue weighted by atomic mass is 10.2. The lowest BCUT2D eigenvalue weighted by Gasteiger charge is -2.02. The monoisotopic (exact) mass is 266 g/mol. The van der Waals surface area contributed by atoms with Crippen LogP contribution in [0.2, 0.25) is 0 Å². The second-order valence-corrected chi connectivity index (χ2v) is 4.57. The van der Waals surface area contributed by atoms with Crippen molar-refractivity contribution < 1.29 is 9.50 Å². The van der Waals surface area contributed by atoms with E-state index in [9.17, 15) is 9.18 Å². The minimum absolute atomic E-state index is 0.237. The van der Waals surface area contributed by atoms with Crippen LogP contribution in [-0.2, 0) is 12.4 Å². The minimum Gasteiger partial charge on any atom is -0.391 e. The quantitative estimate of drug-likeness (QED) is 0.653. The van der Waals surface area contributed by atoms with Gasteiger partial charge in [-0.2, -0.15) is 4.98 Å². The van der Waals surface area contributed by atoms with E-state index in [0.29, 0.717) is 10.9 Å². The Kier molecular flexibility index (Phi) is 4.11. The van der Waals surface area contributed by atoms with E-state index in [1.54, 1.807) is 12.1 Å². The molecule has 0 aliphatic carbocycles. The molecule has 0 atom stereocenters. The summed E-state index contributed by atoms with van der Waals surface area (Å²) < 4.78 is 12.7. The van der Waals surface area contributed by atoms with Gasteiger partial charge in [-0.15, -0.1) is 0 Å². The molecule has 0 amide bonds. The number of aromatic amines is 1. The fourth-order valence-electron chi connectivity index (χ4n) is 1.33. The molecule has 0 saturated heterocycles. The second kappa shape index (κ2) is 5.79. The highest BCUT2D eigenvalue weighted by atomic mass is 32.2. The standard InChI is InChI=1S/C12H11FN2O2S/c13-10-3-1-8(2-4-10)7-18-12-14-5-9(6-16)11(17)15-12/h1-5,16H,6-7H2,(H,14,15,17). The average molecular weight is 266 g/mol. The molecule has 0 spiro atoms. The number of aromatic nitrogens is 2. The molecule has 1 heterocycles. The Hall–Kier alpha value is -1.66. The Balaban J connectivity index is 2.04. The van der Waals surface area contributed by atoms with E-state index >= 15 is 0 Å². The Bertz CT molecular complexity index is 583. The van der Waals surface area contributed by atoms with Crippen molar-refractivity contribution in [3.63, 3.8) is 0 Å². The number of benzene rings is 1. The first-order valence-corrected chi connectivity index (χ1v) is 6.24. The highest BCUT2D eigenvalue weighted by molar-refractivity contribution is 7.98. The van der Waals surface area contributed by atoms with Gasteiger partial charge in [0, 0.05) is 11.9 Å². The number of aliphatic hydroxyl groups is 1. The molecule has 4 nitrogen and oxygen atoms in total. The summed E-state index contributed by atoms with van der Waals surface area (Å²) >= 11 is 1.34. The number of hydrogen-bond acceptors (Lipinski definition) is 4. The number of hydrogen-bond donors (Lipinski definition) is 2. The van der Waals surface area contributed by atoms with Crippen LogP contribution in [0.15, 0.2) is 40.4 Å². The molecule has 0 unspecified atom stereocenters. The summed E-state index contributed by atoms with van der Waals surface area (Å²) in [5.74, 6) is 0.310. The molecular weight excluding hydrogens is 255 g/mol. The van der Waals surface area contributed by atoms with Crippen LogP contribution in [0.3, 0.4) is 0 Å². The van der Waals surface area contributed by atoms with Crippen molar-refractivity contribution in [1.82, 2.24) is 9.97 Å². The normalized spacial score (nSPS) is 10.6. The van der Waals surface area contributed by atoms with E-state index in [0.717, 1.165) is 5.56 Å². The Morgan fingerprint density at radius 2 is 2.06 bits per heavy atom. The van der Waals surface area contributed by atoms with Crippen molar-refractivity contribution in [3.05, 3.63) is 57.8 Å². The van der Waals surface area contributed by atoms with Gasteiger partial charge in [-0.25, -0.2) is 4.39 Å². The zero-order valence-corrected chi connectivity index (χ0v) is 10.2. The molecule has 6 heteroatoms. The van der Waals surface area contributed by atoms with E-state index in [-0.39, 0.29) is 18.0 Å². The fraction of sp³-hybridized carbons (Fsp3) is 0.167. The maximum Gasteiger partial charge on any atom is 0.279 e.